The zero-order valence-electron chi connectivity index (χ0n) is 12.4. The summed E-state index contributed by atoms with van der Waals surface area (Å²) < 4.78 is 0. The maximum Gasteiger partial charge on any atom is 0.317 e. The Morgan fingerprint density at radius 2 is 2.19 bits per heavy atom. The maximum atomic E-state index is 12.2. The van der Waals surface area contributed by atoms with Crippen LogP contribution in [-0.4, -0.2) is 64.5 Å². The number of piperazine rings is 1. The Kier molecular flexibility index (Phi) is 5.03. The maximum absolute atomic E-state index is 12.2. The molecule has 2 aliphatic heterocycles. The number of nitrogens with zero attached hydrogens (tertiary/aromatic N) is 2. The van der Waals surface area contributed by atoms with Crippen molar-refractivity contribution in [3.05, 3.63) is 0 Å². The molecule has 118 valence electrons. The number of urea groups is 1. The predicted molar refractivity (Wildman–Crippen MR) is 75.8 cm³/mol. The minimum atomic E-state index is -0.810. The number of hydrogen-bond donors (Lipinski definition) is 2. The van der Waals surface area contributed by atoms with Gasteiger partial charge < -0.3 is 20.2 Å². The van der Waals surface area contributed by atoms with Gasteiger partial charge in [0.1, 0.15) is 0 Å². The summed E-state index contributed by atoms with van der Waals surface area (Å²) in [4.78, 5) is 37.9. The number of amides is 3. The first kappa shape index (κ1) is 15.6. The van der Waals surface area contributed by atoms with Gasteiger partial charge in [0, 0.05) is 44.6 Å². The standard InChI is InChI=1S/C14H23N3O4/c1-10(3-2-4-13(19)20)15-14(21)16-7-8-17-11(9-16)5-6-12(17)18/h10-11H,2-9H2,1H3,(H,15,21)(H,19,20). The van der Waals surface area contributed by atoms with Crippen LogP contribution in [-0.2, 0) is 9.59 Å². The summed E-state index contributed by atoms with van der Waals surface area (Å²) >= 11 is 0. The van der Waals surface area contributed by atoms with Gasteiger partial charge in [-0.2, -0.15) is 0 Å². The summed E-state index contributed by atoms with van der Waals surface area (Å²) in [7, 11) is 0. The predicted octanol–water partition coefficient (Wildman–Crippen LogP) is 0.646. The molecule has 3 amide bonds. The van der Waals surface area contributed by atoms with Gasteiger partial charge in [-0.3, -0.25) is 9.59 Å². The Morgan fingerprint density at radius 1 is 1.43 bits per heavy atom. The second kappa shape index (κ2) is 6.78. The van der Waals surface area contributed by atoms with Crippen LogP contribution >= 0.6 is 0 Å². The van der Waals surface area contributed by atoms with Gasteiger partial charge in [-0.1, -0.05) is 0 Å². The molecule has 0 aromatic heterocycles. The molecule has 0 saturated carbocycles. The Labute approximate surface area is 124 Å². The molecule has 2 N–H and O–H groups in total. The normalized spacial score (nSPS) is 22.9. The molecule has 0 spiro atoms. The lowest BCUT2D eigenvalue weighted by Crippen LogP contribution is -2.56. The molecule has 2 unspecified atom stereocenters. The molecule has 7 heteroatoms. The highest BCUT2D eigenvalue weighted by atomic mass is 16.4. The Bertz CT molecular complexity index is 426. The van der Waals surface area contributed by atoms with E-state index in [9.17, 15) is 14.4 Å². The zero-order valence-corrected chi connectivity index (χ0v) is 12.4. The fraction of sp³-hybridized carbons (Fsp3) is 0.786. The van der Waals surface area contributed by atoms with Crippen LogP contribution in [0.4, 0.5) is 4.79 Å². The van der Waals surface area contributed by atoms with Crippen molar-refractivity contribution in [1.82, 2.24) is 15.1 Å². The van der Waals surface area contributed by atoms with Gasteiger partial charge in [-0.25, -0.2) is 4.79 Å². The van der Waals surface area contributed by atoms with Crippen molar-refractivity contribution in [2.75, 3.05) is 19.6 Å². The molecule has 2 atom stereocenters. The first-order valence-electron chi connectivity index (χ1n) is 7.54. The number of carboxylic acids is 1. The summed E-state index contributed by atoms with van der Waals surface area (Å²) in [6.07, 6.45) is 2.76. The van der Waals surface area contributed by atoms with Crippen LogP contribution < -0.4 is 5.32 Å². The van der Waals surface area contributed by atoms with E-state index >= 15 is 0 Å². The van der Waals surface area contributed by atoms with E-state index in [0.29, 0.717) is 38.9 Å². The second-order valence-electron chi connectivity index (χ2n) is 5.86. The first-order chi connectivity index (χ1) is 9.97. The van der Waals surface area contributed by atoms with Gasteiger partial charge in [0.15, 0.2) is 0 Å². The van der Waals surface area contributed by atoms with Gasteiger partial charge in [-0.05, 0) is 26.2 Å². The summed E-state index contributed by atoms with van der Waals surface area (Å²) in [6.45, 7) is 3.66. The van der Waals surface area contributed by atoms with E-state index in [0.717, 1.165) is 6.42 Å². The highest BCUT2D eigenvalue weighted by molar-refractivity contribution is 5.80. The van der Waals surface area contributed by atoms with Crippen LogP contribution in [0.1, 0.15) is 39.0 Å². The molecule has 0 radical (unpaired) electrons. The third kappa shape index (κ3) is 4.09. The quantitative estimate of drug-likeness (QED) is 0.779. The molecule has 7 nitrogen and oxygen atoms in total. The SMILES string of the molecule is CC(CCCC(=O)O)NC(=O)N1CCN2C(=O)CCC2C1. The Hall–Kier alpha value is -1.79. The van der Waals surface area contributed by atoms with Crippen molar-refractivity contribution >= 4 is 17.9 Å². The number of fused-ring (bicyclic) bond motifs is 1. The van der Waals surface area contributed by atoms with Crippen molar-refractivity contribution in [3.63, 3.8) is 0 Å². The van der Waals surface area contributed by atoms with E-state index in [-0.39, 0.29) is 30.4 Å². The van der Waals surface area contributed by atoms with Crippen molar-refractivity contribution < 1.29 is 19.5 Å². The van der Waals surface area contributed by atoms with Crippen LogP contribution in [0, 0.1) is 0 Å². The molecule has 0 aromatic rings. The molecular formula is C14H23N3O4. The smallest absolute Gasteiger partial charge is 0.317 e. The summed E-state index contributed by atoms with van der Waals surface area (Å²) in [6, 6.07) is 0.0104. The van der Waals surface area contributed by atoms with Crippen molar-refractivity contribution in [2.45, 2.75) is 51.1 Å². The average molecular weight is 297 g/mol. The summed E-state index contributed by atoms with van der Waals surface area (Å²) in [5.74, 6) is -0.613. The van der Waals surface area contributed by atoms with Crippen LogP contribution in [0.3, 0.4) is 0 Å². The molecular weight excluding hydrogens is 274 g/mol. The number of carbonyl (C=O) groups excluding carboxylic acids is 2. The average Bonchev–Trinajstić information content (AvgIpc) is 2.79. The molecule has 2 aliphatic rings. The van der Waals surface area contributed by atoms with Gasteiger partial charge in [-0.15, -0.1) is 0 Å². The Balaban J connectivity index is 1.73. The van der Waals surface area contributed by atoms with E-state index in [2.05, 4.69) is 5.32 Å². The van der Waals surface area contributed by atoms with E-state index < -0.39 is 5.97 Å². The minimum absolute atomic E-state index is 0.0416. The fourth-order valence-electron chi connectivity index (χ4n) is 2.98. The van der Waals surface area contributed by atoms with Gasteiger partial charge in [0.05, 0.1) is 0 Å². The highest BCUT2D eigenvalue weighted by Gasteiger charge is 2.36. The minimum Gasteiger partial charge on any atom is -0.481 e. The molecule has 0 bridgehead atoms. The molecule has 2 fully saturated rings. The number of nitrogens with one attached hydrogen (secondary N) is 1. The largest absolute Gasteiger partial charge is 0.481 e. The summed E-state index contributed by atoms with van der Waals surface area (Å²) in [5, 5.41) is 11.5. The number of carboxylic acid groups (broad SMARTS) is 1. The van der Waals surface area contributed by atoms with Crippen molar-refractivity contribution in [1.29, 1.82) is 0 Å². The van der Waals surface area contributed by atoms with Crippen LogP contribution in [0.15, 0.2) is 0 Å². The third-order valence-corrected chi connectivity index (χ3v) is 4.18. The van der Waals surface area contributed by atoms with Gasteiger partial charge in [0.2, 0.25) is 5.91 Å². The van der Waals surface area contributed by atoms with Crippen molar-refractivity contribution in [2.24, 2.45) is 0 Å². The van der Waals surface area contributed by atoms with Crippen molar-refractivity contribution in [3.8, 4) is 0 Å². The summed E-state index contributed by atoms with van der Waals surface area (Å²) in [5.41, 5.74) is 0. The molecule has 2 saturated heterocycles. The molecule has 2 rings (SSSR count). The zero-order chi connectivity index (χ0) is 15.4. The van der Waals surface area contributed by atoms with E-state index in [4.69, 9.17) is 5.11 Å². The number of hydrogen-bond acceptors (Lipinski definition) is 3. The van der Waals surface area contributed by atoms with Crippen LogP contribution in [0.25, 0.3) is 0 Å². The first-order valence-corrected chi connectivity index (χ1v) is 7.54. The number of carbonyl (C=O) groups is 3. The topological polar surface area (TPSA) is 89.9 Å². The third-order valence-electron chi connectivity index (χ3n) is 4.18. The molecule has 0 aliphatic carbocycles. The molecule has 2 heterocycles. The van der Waals surface area contributed by atoms with E-state index in [1.807, 2.05) is 11.8 Å². The van der Waals surface area contributed by atoms with Crippen LogP contribution in [0.2, 0.25) is 0 Å². The van der Waals surface area contributed by atoms with E-state index in [1.165, 1.54) is 0 Å². The number of aliphatic carboxylic acids is 1. The molecule has 0 aromatic carbocycles. The number of rotatable bonds is 5. The van der Waals surface area contributed by atoms with E-state index in [1.54, 1.807) is 4.90 Å². The van der Waals surface area contributed by atoms with Gasteiger partial charge >= 0.3 is 12.0 Å². The second-order valence-corrected chi connectivity index (χ2v) is 5.86. The Morgan fingerprint density at radius 3 is 2.90 bits per heavy atom. The van der Waals surface area contributed by atoms with Gasteiger partial charge in [0.25, 0.3) is 0 Å². The lowest BCUT2D eigenvalue weighted by molar-refractivity contribution is -0.137. The fourth-order valence-corrected chi connectivity index (χ4v) is 2.98. The molecule has 21 heavy (non-hydrogen) atoms. The lowest BCUT2D eigenvalue weighted by Gasteiger charge is -2.37. The lowest BCUT2D eigenvalue weighted by atomic mass is 10.1. The van der Waals surface area contributed by atoms with Crippen LogP contribution in [0.5, 0.6) is 0 Å². The highest BCUT2D eigenvalue weighted by Crippen LogP contribution is 2.22. The monoisotopic (exact) mass is 297 g/mol.